The number of hydrogen-bond donors (Lipinski definition) is 1. The Labute approximate surface area is 69.4 Å². The Hall–Kier alpha value is -1.64. The molecule has 0 aliphatic rings. The first-order valence-corrected chi connectivity index (χ1v) is 3.72. The molecule has 0 fully saturated rings. The lowest BCUT2D eigenvalue weighted by atomic mass is 10.1. The molecule has 0 unspecified atom stereocenters. The van der Waals surface area contributed by atoms with Crippen LogP contribution in [0.4, 0.5) is 0 Å². The maximum Gasteiger partial charge on any atom is 0.152 e. The number of aldehydes is 1. The van der Waals surface area contributed by atoms with Crippen molar-refractivity contribution in [1.82, 2.24) is 10.2 Å². The second kappa shape index (κ2) is 2.44. The van der Waals surface area contributed by atoms with Crippen molar-refractivity contribution in [2.45, 2.75) is 6.92 Å². The molecule has 0 aliphatic heterocycles. The Morgan fingerprint density at radius 3 is 3.08 bits per heavy atom. The third kappa shape index (κ3) is 0.830. The molecule has 3 nitrogen and oxygen atoms in total. The Morgan fingerprint density at radius 1 is 1.50 bits per heavy atom. The van der Waals surface area contributed by atoms with Crippen molar-refractivity contribution in [3.63, 3.8) is 0 Å². The summed E-state index contributed by atoms with van der Waals surface area (Å²) < 4.78 is 0. The van der Waals surface area contributed by atoms with Gasteiger partial charge in [-0.3, -0.25) is 9.89 Å². The topological polar surface area (TPSA) is 45.8 Å². The summed E-state index contributed by atoms with van der Waals surface area (Å²) in [7, 11) is 0. The predicted octanol–water partition coefficient (Wildman–Crippen LogP) is 1.68. The Kier molecular flexibility index (Phi) is 1.43. The highest BCUT2D eigenvalue weighted by Crippen LogP contribution is 2.17. The fourth-order valence-electron chi connectivity index (χ4n) is 1.28. The number of para-hydroxylation sites is 1. The van der Waals surface area contributed by atoms with E-state index in [-0.39, 0.29) is 0 Å². The fourth-order valence-corrected chi connectivity index (χ4v) is 1.28. The van der Waals surface area contributed by atoms with Crippen LogP contribution in [0, 0.1) is 6.92 Å². The van der Waals surface area contributed by atoms with E-state index in [2.05, 4.69) is 10.2 Å². The molecule has 2 rings (SSSR count). The summed E-state index contributed by atoms with van der Waals surface area (Å²) in [6, 6.07) is 5.56. The zero-order valence-electron chi connectivity index (χ0n) is 6.66. The number of carbonyl (C=O) groups excluding carboxylic acids is 1. The lowest BCUT2D eigenvalue weighted by molar-refractivity contribution is 0.112. The van der Waals surface area contributed by atoms with E-state index in [0.29, 0.717) is 5.56 Å². The van der Waals surface area contributed by atoms with Gasteiger partial charge in [0.25, 0.3) is 0 Å². The molecule has 0 bridgehead atoms. The molecule has 1 aromatic heterocycles. The molecule has 0 amide bonds. The van der Waals surface area contributed by atoms with Gasteiger partial charge >= 0.3 is 0 Å². The molecule has 1 heterocycles. The van der Waals surface area contributed by atoms with Gasteiger partial charge in [0.05, 0.1) is 0 Å². The van der Waals surface area contributed by atoms with Gasteiger partial charge in [-0.25, -0.2) is 0 Å². The molecule has 12 heavy (non-hydrogen) atoms. The summed E-state index contributed by atoms with van der Waals surface area (Å²) in [5, 5.41) is 7.89. The quantitative estimate of drug-likeness (QED) is 0.645. The Morgan fingerprint density at radius 2 is 2.33 bits per heavy atom. The molecule has 2 aromatic rings. The minimum atomic E-state index is 0.636. The highest BCUT2D eigenvalue weighted by atomic mass is 16.1. The molecular formula is C9H8N2O. The number of carbonyl (C=O) groups is 1. The van der Waals surface area contributed by atoms with Crippen LogP contribution < -0.4 is 0 Å². The van der Waals surface area contributed by atoms with Crippen molar-refractivity contribution >= 4 is 17.2 Å². The first-order valence-electron chi connectivity index (χ1n) is 3.72. The van der Waals surface area contributed by atoms with Gasteiger partial charge in [0.2, 0.25) is 0 Å². The first-order chi connectivity index (χ1) is 5.83. The zero-order chi connectivity index (χ0) is 8.55. The summed E-state index contributed by atoms with van der Waals surface area (Å²) >= 11 is 0. The van der Waals surface area contributed by atoms with Gasteiger partial charge in [-0.1, -0.05) is 12.1 Å². The summed E-state index contributed by atoms with van der Waals surface area (Å²) in [4.78, 5) is 10.6. The van der Waals surface area contributed by atoms with Crippen LogP contribution in [0.25, 0.3) is 10.9 Å². The molecule has 1 aromatic carbocycles. The Bertz CT molecular complexity index is 431. The summed E-state index contributed by atoms with van der Waals surface area (Å²) in [5.41, 5.74) is 2.38. The van der Waals surface area contributed by atoms with Gasteiger partial charge < -0.3 is 0 Å². The van der Waals surface area contributed by atoms with Gasteiger partial charge in [-0.05, 0) is 13.0 Å². The van der Waals surface area contributed by atoms with E-state index in [4.69, 9.17) is 0 Å². The van der Waals surface area contributed by atoms with Crippen LogP contribution >= 0.6 is 0 Å². The minimum Gasteiger partial charge on any atom is -0.298 e. The van der Waals surface area contributed by atoms with Gasteiger partial charge in [0.1, 0.15) is 5.52 Å². The number of rotatable bonds is 1. The zero-order valence-corrected chi connectivity index (χ0v) is 6.66. The van der Waals surface area contributed by atoms with E-state index < -0.39 is 0 Å². The number of benzene rings is 1. The molecule has 0 atom stereocenters. The highest BCUT2D eigenvalue weighted by molar-refractivity contribution is 5.96. The van der Waals surface area contributed by atoms with Crippen LogP contribution in [0.2, 0.25) is 0 Å². The number of aromatic nitrogens is 2. The highest BCUT2D eigenvalue weighted by Gasteiger charge is 2.03. The maximum atomic E-state index is 10.6. The first kappa shape index (κ1) is 7.03. The number of nitrogens with one attached hydrogen (secondary N) is 1. The second-order valence-electron chi connectivity index (χ2n) is 2.71. The summed E-state index contributed by atoms with van der Waals surface area (Å²) in [6.45, 7) is 1.93. The van der Waals surface area contributed by atoms with Crippen LogP contribution in [0.1, 0.15) is 16.1 Å². The fraction of sp³-hybridized carbons (Fsp3) is 0.111. The normalized spacial score (nSPS) is 10.4. The van der Waals surface area contributed by atoms with E-state index in [1.54, 1.807) is 6.07 Å². The van der Waals surface area contributed by atoms with Crippen LogP contribution in [0.15, 0.2) is 18.2 Å². The lowest BCUT2D eigenvalue weighted by Crippen LogP contribution is -1.80. The van der Waals surface area contributed by atoms with Crippen molar-refractivity contribution in [2.75, 3.05) is 0 Å². The molecule has 0 aliphatic carbocycles. The number of hydrogen-bond acceptors (Lipinski definition) is 2. The van der Waals surface area contributed by atoms with Crippen LogP contribution in [-0.4, -0.2) is 16.5 Å². The van der Waals surface area contributed by atoms with E-state index in [1.165, 1.54) is 0 Å². The van der Waals surface area contributed by atoms with Crippen LogP contribution in [0.5, 0.6) is 0 Å². The molecule has 0 spiro atoms. The largest absolute Gasteiger partial charge is 0.298 e. The lowest BCUT2D eigenvalue weighted by Gasteiger charge is -1.90. The maximum absolute atomic E-state index is 10.6. The van der Waals surface area contributed by atoms with Gasteiger partial charge in [-0.15, -0.1) is 0 Å². The summed E-state index contributed by atoms with van der Waals surface area (Å²) in [5.74, 6) is 0. The van der Waals surface area contributed by atoms with Crippen LogP contribution in [0.3, 0.4) is 0 Å². The molecule has 0 saturated heterocycles. The number of H-pyrrole nitrogens is 1. The van der Waals surface area contributed by atoms with Gasteiger partial charge in [-0.2, -0.15) is 5.10 Å². The SMILES string of the molecule is Cc1[nH]nc2c(C=O)cccc12. The standard InChI is InChI=1S/C9H8N2O/c1-6-8-4-2-3-7(5-12)9(8)11-10-6/h2-5H,1H3,(H,10,11). The predicted molar refractivity (Wildman–Crippen MR) is 46.2 cm³/mol. The van der Waals surface area contributed by atoms with Crippen molar-refractivity contribution in [3.8, 4) is 0 Å². The van der Waals surface area contributed by atoms with Crippen molar-refractivity contribution < 1.29 is 4.79 Å². The molecule has 3 heteroatoms. The van der Waals surface area contributed by atoms with E-state index in [0.717, 1.165) is 22.9 Å². The summed E-state index contributed by atoms with van der Waals surface area (Å²) in [6.07, 6.45) is 0.822. The Balaban J connectivity index is 2.89. The third-order valence-electron chi connectivity index (χ3n) is 1.93. The third-order valence-corrected chi connectivity index (χ3v) is 1.93. The van der Waals surface area contributed by atoms with Crippen LogP contribution in [-0.2, 0) is 0 Å². The minimum absolute atomic E-state index is 0.636. The van der Waals surface area contributed by atoms with Crippen molar-refractivity contribution in [3.05, 3.63) is 29.5 Å². The van der Waals surface area contributed by atoms with Gasteiger partial charge in [0, 0.05) is 16.6 Å². The molecule has 60 valence electrons. The van der Waals surface area contributed by atoms with Gasteiger partial charge in [0.15, 0.2) is 6.29 Å². The monoisotopic (exact) mass is 160 g/mol. The molecule has 0 saturated carbocycles. The number of aryl methyl sites for hydroxylation is 1. The number of fused-ring (bicyclic) bond motifs is 1. The van der Waals surface area contributed by atoms with Crippen molar-refractivity contribution in [2.24, 2.45) is 0 Å². The second-order valence-corrected chi connectivity index (χ2v) is 2.71. The average molecular weight is 160 g/mol. The number of nitrogens with zero attached hydrogens (tertiary/aromatic N) is 1. The number of aromatic amines is 1. The van der Waals surface area contributed by atoms with E-state index >= 15 is 0 Å². The molecule has 1 N–H and O–H groups in total. The molecular weight excluding hydrogens is 152 g/mol. The van der Waals surface area contributed by atoms with Crippen molar-refractivity contribution in [1.29, 1.82) is 0 Å². The van der Waals surface area contributed by atoms with E-state index in [1.807, 2.05) is 19.1 Å². The smallest absolute Gasteiger partial charge is 0.152 e. The molecule has 0 radical (unpaired) electrons. The van der Waals surface area contributed by atoms with E-state index in [9.17, 15) is 4.79 Å². The average Bonchev–Trinajstić information content (AvgIpc) is 2.48.